The van der Waals surface area contributed by atoms with E-state index in [0.29, 0.717) is 18.8 Å². The zero-order valence-electron chi connectivity index (χ0n) is 8.81. The van der Waals surface area contributed by atoms with Crippen molar-refractivity contribution in [3.63, 3.8) is 0 Å². The SMILES string of the molecule is C/C(=N\O)NCCCC[C@H](N)C(=O)O.[Ac]. The van der Waals surface area contributed by atoms with Gasteiger partial charge in [-0.3, -0.25) is 4.79 Å². The molecule has 0 heterocycles. The molecule has 1 radical (unpaired) electrons. The Hall–Kier alpha value is 0.142. The van der Waals surface area contributed by atoms with Gasteiger partial charge in [-0.1, -0.05) is 5.16 Å². The molecule has 7 heteroatoms. The predicted molar refractivity (Wildman–Crippen MR) is 52.4 cm³/mol. The summed E-state index contributed by atoms with van der Waals surface area (Å²) in [5.41, 5.74) is 5.30. The molecule has 0 saturated heterocycles. The van der Waals surface area contributed by atoms with Gasteiger partial charge in [-0.2, -0.15) is 0 Å². The monoisotopic (exact) mass is 430 g/mol. The maximum atomic E-state index is 10.3. The van der Waals surface area contributed by atoms with Gasteiger partial charge in [0.1, 0.15) is 11.9 Å². The van der Waals surface area contributed by atoms with Crippen molar-refractivity contribution in [1.29, 1.82) is 0 Å². The van der Waals surface area contributed by atoms with Gasteiger partial charge in [0.15, 0.2) is 0 Å². The smallest absolute Gasteiger partial charge is 0.320 e. The molecule has 85 valence electrons. The van der Waals surface area contributed by atoms with Crippen LogP contribution in [0.15, 0.2) is 5.16 Å². The summed E-state index contributed by atoms with van der Waals surface area (Å²) < 4.78 is 0. The summed E-state index contributed by atoms with van der Waals surface area (Å²) in [4.78, 5) is 10.3. The summed E-state index contributed by atoms with van der Waals surface area (Å²) in [7, 11) is 0. The van der Waals surface area contributed by atoms with Crippen molar-refractivity contribution >= 4 is 11.8 Å². The normalized spacial score (nSPS) is 12.8. The second-order valence-corrected chi connectivity index (χ2v) is 3.05. The molecule has 0 aliphatic heterocycles. The van der Waals surface area contributed by atoms with E-state index < -0.39 is 12.0 Å². The Morgan fingerprint density at radius 1 is 1.53 bits per heavy atom. The van der Waals surface area contributed by atoms with Gasteiger partial charge in [0.25, 0.3) is 0 Å². The number of rotatable bonds is 6. The zero-order chi connectivity index (χ0) is 11.0. The van der Waals surface area contributed by atoms with Gasteiger partial charge in [0, 0.05) is 50.6 Å². The number of nitrogens with two attached hydrogens (primary N) is 1. The van der Waals surface area contributed by atoms with Crippen LogP contribution in [-0.4, -0.2) is 34.7 Å². The molecule has 0 amide bonds. The first-order valence-electron chi connectivity index (χ1n) is 4.49. The van der Waals surface area contributed by atoms with Crippen molar-refractivity contribution in [1.82, 2.24) is 5.32 Å². The Morgan fingerprint density at radius 2 is 2.13 bits per heavy atom. The molecule has 0 aromatic rings. The largest absolute Gasteiger partial charge is 0.480 e. The van der Waals surface area contributed by atoms with E-state index in [1.807, 2.05) is 0 Å². The first-order chi connectivity index (χ1) is 6.57. The van der Waals surface area contributed by atoms with Gasteiger partial charge in [0.05, 0.1) is 0 Å². The first kappa shape index (κ1) is 17.5. The van der Waals surface area contributed by atoms with Crippen LogP contribution in [0.3, 0.4) is 0 Å². The number of amidine groups is 1. The molecule has 0 aromatic carbocycles. The fraction of sp³-hybridized carbons (Fsp3) is 0.750. The van der Waals surface area contributed by atoms with E-state index in [9.17, 15) is 4.79 Å². The van der Waals surface area contributed by atoms with Crippen molar-refractivity contribution < 1.29 is 59.2 Å². The Labute approximate surface area is 125 Å². The standard InChI is InChI=1S/C8H17N3O3.Ac/c1-6(11-14)10-5-3-2-4-7(9)8(12)13;/h7,14H,2-5,9H2,1H3,(H,10,11)(H,12,13);/t7-;/m0./s1. The number of hydrogen-bond donors (Lipinski definition) is 4. The molecular formula is C8H17AcN3O3. The van der Waals surface area contributed by atoms with Gasteiger partial charge >= 0.3 is 5.97 Å². The molecule has 1 atom stereocenters. The Kier molecular flexibility index (Phi) is 12.5. The van der Waals surface area contributed by atoms with Crippen LogP contribution >= 0.6 is 0 Å². The van der Waals surface area contributed by atoms with Gasteiger partial charge in [0.2, 0.25) is 0 Å². The molecule has 0 bridgehead atoms. The van der Waals surface area contributed by atoms with Crippen LogP contribution in [0.4, 0.5) is 0 Å². The fourth-order valence-electron chi connectivity index (χ4n) is 0.917. The van der Waals surface area contributed by atoms with Crippen LogP contribution in [0, 0.1) is 44.1 Å². The molecule has 0 saturated carbocycles. The zero-order valence-corrected chi connectivity index (χ0v) is 13.6. The summed E-state index contributed by atoms with van der Waals surface area (Å²) >= 11 is 0. The van der Waals surface area contributed by atoms with Gasteiger partial charge in [-0.05, 0) is 26.2 Å². The van der Waals surface area contributed by atoms with Gasteiger partial charge in [-0.25, -0.2) is 0 Å². The van der Waals surface area contributed by atoms with Crippen molar-refractivity contribution in [3.8, 4) is 0 Å². The second kappa shape index (κ2) is 10.7. The topological polar surface area (TPSA) is 108 Å². The number of nitrogens with one attached hydrogen (secondary N) is 1. The van der Waals surface area contributed by atoms with Crippen LogP contribution in [0.1, 0.15) is 26.2 Å². The molecule has 15 heavy (non-hydrogen) atoms. The third-order valence-corrected chi connectivity index (χ3v) is 1.79. The van der Waals surface area contributed by atoms with Crippen molar-refractivity contribution in [2.75, 3.05) is 6.54 Å². The maximum Gasteiger partial charge on any atom is 0.320 e. The molecule has 0 aliphatic rings. The summed E-state index contributed by atoms with van der Waals surface area (Å²) in [6.45, 7) is 2.30. The van der Waals surface area contributed by atoms with E-state index >= 15 is 0 Å². The summed E-state index contributed by atoms with van der Waals surface area (Å²) in [6, 6.07) is -0.775. The number of oxime groups is 1. The predicted octanol–water partition coefficient (Wildman–Crippen LogP) is -0.0342. The Balaban J connectivity index is 0. The van der Waals surface area contributed by atoms with Crippen molar-refractivity contribution in [2.45, 2.75) is 32.2 Å². The fourth-order valence-corrected chi connectivity index (χ4v) is 0.917. The number of nitrogens with zero attached hydrogens (tertiary/aromatic N) is 1. The Morgan fingerprint density at radius 3 is 2.60 bits per heavy atom. The average Bonchev–Trinajstić information content (AvgIpc) is 2.16. The van der Waals surface area contributed by atoms with E-state index in [1.165, 1.54) is 0 Å². The molecule has 0 rings (SSSR count). The minimum absolute atomic E-state index is 0. The van der Waals surface area contributed by atoms with Gasteiger partial charge in [-0.15, -0.1) is 0 Å². The number of carbonyl (C=O) groups is 1. The molecule has 0 fully saturated rings. The third kappa shape index (κ3) is 10.4. The van der Waals surface area contributed by atoms with Crippen LogP contribution in [0.2, 0.25) is 0 Å². The van der Waals surface area contributed by atoms with Crippen LogP contribution < -0.4 is 11.1 Å². The molecule has 5 N–H and O–H groups in total. The van der Waals surface area contributed by atoms with Gasteiger partial charge < -0.3 is 21.4 Å². The third-order valence-electron chi connectivity index (χ3n) is 1.79. The minimum Gasteiger partial charge on any atom is -0.480 e. The second-order valence-electron chi connectivity index (χ2n) is 3.05. The maximum absolute atomic E-state index is 10.3. The van der Waals surface area contributed by atoms with Crippen LogP contribution in [0.5, 0.6) is 0 Å². The Bertz CT molecular complexity index is 211. The number of unbranched alkanes of at least 4 members (excludes halogenated alkanes) is 1. The minimum atomic E-state index is -0.967. The molecule has 0 aromatic heterocycles. The first-order valence-corrected chi connectivity index (χ1v) is 4.49. The van der Waals surface area contributed by atoms with E-state index in [4.69, 9.17) is 16.0 Å². The van der Waals surface area contributed by atoms with Crippen molar-refractivity contribution in [2.24, 2.45) is 10.9 Å². The van der Waals surface area contributed by atoms with E-state index in [-0.39, 0.29) is 44.1 Å². The molecule has 6 nitrogen and oxygen atoms in total. The number of aliphatic carboxylic acids is 1. The molecule has 0 aliphatic carbocycles. The number of carboxylic acid groups (broad SMARTS) is 1. The number of carboxylic acids is 1. The average molecular weight is 430 g/mol. The van der Waals surface area contributed by atoms with E-state index in [2.05, 4.69) is 10.5 Å². The van der Waals surface area contributed by atoms with Crippen LogP contribution in [-0.2, 0) is 4.79 Å². The summed E-state index contributed by atoms with van der Waals surface area (Å²) in [5, 5.41) is 22.5. The molecular weight excluding hydrogens is 413 g/mol. The summed E-state index contributed by atoms with van der Waals surface area (Å²) in [6.07, 6.45) is 2.00. The van der Waals surface area contributed by atoms with E-state index in [0.717, 1.165) is 12.8 Å². The van der Waals surface area contributed by atoms with Crippen molar-refractivity contribution in [3.05, 3.63) is 0 Å². The molecule has 0 spiro atoms. The van der Waals surface area contributed by atoms with Crippen LogP contribution in [0.25, 0.3) is 0 Å². The number of hydrogen-bond acceptors (Lipinski definition) is 4. The summed E-state index contributed by atoms with van der Waals surface area (Å²) in [5.74, 6) is -0.515. The van der Waals surface area contributed by atoms with E-state index in [1.54, 1.807) is 6.92 Å². The quantitative estimate of drug-likeness (QED) is 0.156. The molecule has 0 unspecified atom stereocenters.